The predicted octanol–water partition coefficient (Wildman–Crippen LogP) is -0.0694. The molecule has 1 saturated heterocycles. The van der Waals surface area contributed by atoms with Gasteiger partial charge >= 0.3 is 0 Å². The summed E-state index contributed by atoms with van der Waals surface area (Å²) < 4.78 is 1.47. The lowest BCUT2D eigenvalue weighted by Crippen LogP contribution is -2.29. The number of amides is 1. The Hall–Kier alpha value is -1.80. The molecule has 0 aliphatic carbocycles. The average molecular weight is 265 g/mol. The number of aliphatic hydroxyl groups excluding tert-OH is 1. The van der Waals surface area contributed by atoms with Crippen LogP contribution in [0.15, 0.2) is 17.8 Å². The maximum Gasteiger partial charge on any atom is 0.266 e. The molecule has 3 rings (SSSR count). The summed E-state index contributed by atoms with van der Waals surface area (Å²) in [6, 6.07) is 1.81. The minimum Gasteiger partial charge on any atom is -0.391 e. The van der Waals surface area contributed by atoms with Crippen LogP contribution < -0.4 is 0 Å². The van der Waals surface area contributed by atoms with Gasteiger partial charge in [0.15, 0.2) is 0 Å². The zero-order valence-electron chi connectivity index (χ0n) is 9.43. The fraction of sp³-hybridized carbons (Fsp3) is 0.400. The van der Waals surface area contributed by atoms with Crippen LogP contribution in [0.25, 0.3) is 5.69 Å². The van der Waals surface area contributed by atoms with E-state index in [1.54, 1.807) is 11.0 Å². The molecule has 8 heteroatoms. The van der Waals surface area contributed by atoms with Crippen LogP contribution in [0.1, 0.15) is 16.1 Å². The third kappa shape index (κ3) is 1.89. The second-order valence-corrected chi connectivity index (χ2v) is 5.00. The molecule has 1 atom stereocenters. The second-order valence-electron chi connectivity index (χ2n) is 4.08. The van der Waals surface area contributed by atoms with Crippen molar-refractivity contribution in [3.05, 3.63) is 22.7 Å². The summed E-state index contributed by atoms with van der Waals surface area (Å²) in [7, 11) is 0. The summed E-state index contributed by atoms with van der Waals surface area (Å²) in [6.07, 6.45) is 1.68. The molecular weight excluding hydrogens is 254 g/mol. The Bertz CT molecular complexity index is 552. The van der Waals surface area contributed by atoms with E-state index >= 15 is 0 Å². The number of tetrazole rings is 1. The quantitative estimate of drug-likeness (QED) is 0.821. The first-order valence-electron chi connectivity index (χ1n) is 5.54. The van der Waals surface area contributed by atoms with Gasteiger partial charge in [-0.3, -0.25) is 4.79 Å². The second kappa shape index (κ2) is 4.46. The molecule has 18 heavy (non-hydrogen) atoms. The summed E-state index contributed by atoms with van der Waals surface area (Å²) in [5.41, 5.74) is 0.677. The molecular formula is C10H11N5O2S. The van der Waals surface area contributed by atoms with Gasteiger partial charge in [0.2, 0.25) is 0 Å². The van der Waals surface area contributed by atoms with Crippen molar-refractivity contribution in [1.82, 2.24) is 25.1 Å². The number of nitrogens with zero attached hydrogens (tertiary/aromatic N) is 5. The zero-order chi connectivity index (χ0) is 12.5. The number of rotatable bonds is 2. The first-order chi connectivity index (χ1) is 8.75. The van der Waals surface area contributed by atoms with Gasteiger partial charge in [-0.05, 0) is 28.3 Å². The molecule has 1 aliphatic rings. The Balaban J connectivity index is 1.89. The first-order valence-corrected chi connectivity index (χ1v) is 6.42. The van der Waals surface area contributed by atoms with Gasteiger partial charge in [0.1, 0.15) is 11.2 Å². The van der Waals surface area contributed by atoms with Gasteiger partial charge in [-0.25, -0.2) is 0 Å². The Morgan fingerprint density at radius 2 is 2.44 bits per heavy atom. The number of likely N-dealkylation sites (tertiary alicyclic amines) is 1. The maximum atomic E-state index is 12.3. The minimum absolute atomic E-state index is 0.0768. The SMILES string of the molecule is O=C(c1sccc1-n1cnnn1)N1CCC(O)C1. The molecule has 1 aliphatic heterocycles. The highest BCUT2D eigenvalue weighted by molar-refractivity contribution is 7.12. The van der Waals surface area contributed by atoms with E-state index in [0.29, 0.717) is 30.1 Å². The van der Waals surface area contributed by atoms with Crippen molar-refractivity contribution in [2.24, 2.45) is 0 Å². The third-order valence-corrected chi connectivity index (χ3v) is 3.78. The van der Waals surface area contributed by atoms with Crippen LogP contribution >= 0.6 is 11.3 Å². The van der Waals surface area contributed by atoms with Crippen molar-refractivity contribution in [2.75, 3.05) is 13.1 Å². The molecule has 0 aromatic carbocycles. The standard InChI is InChI=1S/C10H11N5O2S/c16-7-1-3-14(5-7)10(17)9-8(2-4-18-9)15-6-11-12-13-15/h2,4,6-7,16H,1,3,5H2. The third-order valence-electron chi connectivity index (χ3n) is 2.89. The van der Waals surface area contributed by atoms with E-state index < -0.39 is 6.10 Å². The highest BCUT2D eigenvalue weighted by Gasteiger charge is 2.28. The fourth-order valence-corrected chi connectivity index (χ4v) is 2.83. The van der Waals surface area contributed by atoms with Crippen LogP contribution in [0.2, 0.25) is 0 Å². The summed E-state index contributed by atoms with van der Waals surface area (Å²) in [6.45, 7) is 0.985. The normalized spacial score (nSPS) is 19.4. The Morgan fingerprint density at radius 3 is 3.11 bits per heavy atom. The fourth-order valence-electron chi connectivity index (χ4n) is 1.98. The molecule has 0 radical (unpaired) electrons. The van der Waals surface area contributed by atoms with E-state index in [1.165, 1.54) is 22.3 Å². The number of carbonyl (C=O) groups excluding carboxylic acids is 1. The number of thiophene rings is 1. The molecule has 0 saturated carbocycles. The number of aliphatic hydroxyl groups is 1. The van der Waals surface area contributed by atoms with Gasteiger partial charge in [-0.2, -0.15) is 4.68 Å². The Kier molecular flexibility index (Phi) is 2.80. The van der Waals surface area contributed by atoms with Crippen LogP contribution in [0.5, 0.6) is 0 Å². The summed E-state index contributed by atoms with van der Waals surface area (Å²) >= 11 is 1.35. The maximum absolute atomic E-state index is 12.3. The predicted molar refractivity (Wildman–Crippen MR) is 63.6 cm³/mol. The minimum atomic E-state index is -0.412. The largest absolute Gasteiger partial charge is 0.391 e. The van der Waals surface area contributed by atoms with E-state index in [1.807, 2.05) is 5.38 Å². The van der Waals surface area contributed by atoms with Crippen LogP contribution in [-0.2, 0) is 0 Å². The topological polar surface area (TPSA) is 84.1 Å². The number of aromatic nitrogens is 4. The van der Waals surface area contributed by atoms with Crippen molar-refractivity contribution in [2.45, 2.75) is 12.5 Å². The smallest absolute Gasteiger partial charge is 0.266 e. The van der Waals surface area contributed by atoms with Crippen molar-refractivity contribution >= 4 is 17.2 Å². The molecule has 0 bridgehead atoms. The monoisotopic (exact) mass is 265 g/mol. The highest BCUT2D eigenvalue weighted by atomic mass is 32.1. The van der Waals surface area contributed by atoms with Crippen LogP contribution in [0.3, 0.4) is 0 Å². The van der Waals surface area contributed by atoms with Gasteiger partial charge in [-0.15, -0.1) is 16.4 Å². The average Bonchev–Trinajstić information content (AvgIpc) is 3.08. The summed E-state index contributed by atoms with van der Waals surface area (Å²) in [4.78, 5) is 14.6. The van der Waals surface area contributed by atoms with Gasteiger partial charge in [0.05, 0.1) is 11.8 Å². The lowest BCUT2D eigenvalue weighted by Gasteiger charge is -2.15. The molecule has 94 valence electrons. The van der Waals surface area contributed by atoms with Gasteiger partial charge in [-0.1, -0.05) is 0 Å². The van der Waals surface area contributed by atoms with Crippen molar-refractivity contribution in [3.8, 4) is 5.69 Å². The van der Waals surface area contributed by atoms with E-state index in [2.05, 4.69) is 15.5 Å². The molecule has 2 aromatic heterocycles. The van der Waals surface area contributed by atoms with Crippen molar-refractivity contribution in [3.63, 3.8) is 0 Å². The summed E-state index contributed by atoms with van der Waals surface area (Å²) in [5.74, 6) is -0.0768. The molecule has 1 amide bonds. The van der Waals surface area contributed by atoms with Crippen LogP contribution in [-0.4, -0.2) is 55.3 Å². The summed E-state index contributed by atoms with van der Waals surface area (Å²) in [5, 5.41) is 22.2. The number of β-amino-alcohol motifs (C(OH)–C–C–N with tert-alkyl or cyclic N) is 1. The van der Waals surface area contributed by atoms with E-state index in [4.69, 9.17) is 0 Å². The molecule has 0 spiro atoms. The molecule has 1 unspecified atom stereocenters. The van der Waals surface area contributed by atoms with Crippen molar-refractivity contribution < 1.29 is 9.90 Å². The van der Waals surface area contributed by atoms with E-state index in [9.17, 15) is 9.90 Å². The zero-order valence-corrected chi connectivity index (χ0v) is 10.2. The van der Waals surface area contributed by atoms with Gasteiger partial charge in [0, 0.05) is 13.1 Å². The Labute approximate surface area is 107 Å². The number of hydrogen-bond acceptors (Lipinski definition) is 6. The van der Waals surface area contributed by atoms with Crippen molar-refractivity contribution in [1.29, 1.82) is 0 Å². The molecule has 1 N–H and O–H groups in total. The van der Waals surface area contributed by atoms with Gasteiger partial charge in [0.25, 0.3) is 5.91 Å². The van der Waals surface area contributed by atoms with E-state index in [0.717, 1.165) is 0 Å². The number of hydrogen-bond donors (Lipinski definition) is 1. The molecule has 7 nitrogen and oxygen atoms in total. The van der Waals surface area contributed by atoms with Crippen LogP contribution in [0.4, 0.5) is 0 Å². The molecule has 2 aromatic rings. The van der Waals surface area contributed by atoms with E-state index in [-0.39, 0.29) is 5.91 Å². The number of carbonyl (C=O) groups is 1. The molecule has 3 heterocycles. The van der Waals surface area contributed by atoms with Gasteiger partial charge < -0.3 is 10.0 Å². The first kappa shape index (κ1) is 11.3. The molecule has 1 fully saturated rings. The highest BCUT2D eigenvalue weighted by Crippen LogP contribution is 2.23. The van der Waals surface area contributed by atoms with Crippen LogP contribution in [0, 0.1) is 0 Å². The lowest BCUT2D eigenvalue weighted by molar-refractivity contribution is 0.0769. The lowest BCUT2D eigenvalue weighted by atomic mass is 10.3. The Morgan fingerprint density at radius 1 is 1.56 bits per heavy atom.